The van der Waals surface area contributed by atoms with Crippen LogP contribution in [0.4, 0.5) is 14.5 Å². The van der Waals surface area contributed by atoms with Gasteiger partial charge in [-0.15, -0.1) is 0 Å². The number of hydrogen-bond acceptors (Lipinski definition) is 3. The zero-order chi connectivity index (χ0) is 15.2. The monoisotopic (exact) mass is 291 g/mol. The van der Waals surface area contributed by atoms with Crippen LogP contribution in [0.5, 0.6) is 0 Å². The lowest BCUT2D eigenvalue weighted by atomic mass is 10.1. The first kappa shape index (κ1) is 14.9. The number of anilines is 1. The molecule has 4 nitrogen and oxygen atoms in total. The molecule has 1 aromatic carbocycles. The number of pyridine rings is 1. The first-order valence-electron chi connectivity index (χ1n) is 6.45. The maximum absolute atomic E-state index is 13.0. The normalized spacial score (nSPS) is 10.4. The second-order valence-corrected chi connectivity index (χ2v) is 4.64. The average Bonchev–Trinajstić information content (AvgIpc) is 2.40. The van der Waals surface area contributed by atoms with Crippen molar-refractivity contribution in [2.75, 3.05) is 12.3 Å². The Morgan fingerprint density at radius 3 is 2.52 bits per heavy atom. The highest BCUT2D eigenvalue weighted by Crippen LogP contribution is 2.08. The summed E-state index contributed by atoms with van der Waals surface area (Å²) in [6.07, 6.45) is 1.98. The van der Waals surface area contributed by atoms with E-state index in [-0.39, 0.29) is 12.3 Å². The van der Waals surface area contributed by atoms with Gasteiger partial charge in [-0.25, -0.2) is 8.78 Å². The third-order valence-corrected chi connectivity index (χ3v) is 2.85. The molecule has 2 rings (SSSR count). The Balaban J connectivity index is 1.80. The first-order chi connectivity index (χ1) is 10.0. The lowest BCUT2D eigenvalue weighted by molar-refractivity contribution is -0.120. The molecule has 0 spiro atoms. The van der Waals surface area contributed by atoms with Crippen LogP contribution in [0.15, 0.2) is 36.5 Å². The zero-order valence-corrected chi connectivity index (χ0v) is 11.3. The van der Waals surface area contributed by atoms with E-state index in [9.17, 15) is 13.6 Å². The van der Waals surface area contributed by atoms with Crippen molar-refractivity contribution in [1.82, 2.24) is 10.3 Å². The molecular weight excluding hydrogens is 276 g/mol. The lowest BCUT2D eigenvalue weighted by Gasteiger charge is -2.06. The van der Waals surface area contributed by atoms with E-state index in [1.807, 2.05) is 0 Å². The van der Waals surface area contributed by atoms with Gasteiger partial charge in [0.1, 0.15) is 11.6 Å². The number of hydrogen-bond donors (Lipinski definition) is 2. The summed E-state index contributed by atoms with van der Waals surface area (Å²) in [5, 5.41) is 2.68. The maximum atomic E-state index is 13.0. The van der Waals surface area contributed by atoms with Gasteiger partial charge in [0.2, 0.25) is 5.91 Å². The van der Waals surface area contributed by atoms with Gasteiger partial charge < -0.3 is 11.1 Å². The molecule has 0 fully saturated rings. The van der Waals surface area contributed by atoms with Crippen molar-refractivity contribution >= 4 is 11.6 Å². The number of carbonyl (C=O) groups is 1. The number of rotatable bonds is 5. The molecule has 0 saturated carbocycles. The van der Waals surface area contributed by atoms with Crippen molar-refractivity contribution in [3.8, 4) is 0 Å². The Morgan fingerprint density at radius 1 is 1.19 bits per heavy atom. The highest BCUT2D eigenvalue weighted by Gasteiger charge is 2.05. The molecule has 0 aliphatic carbocycles. The number of benzene rings is 1. The van der Waals surface area contributed by atoms with Crippen molar-refractivity contribution in [2.45, 2.75) is 12.8 Å². The molecule has 0 saturated heterocycles. The summed E-state index contributed by atoms with van der Waals surface area (Å²) in [6, 6.07) is 6.66. The largest absolute Gasteiger partial charge is 0.397 e. The fraction of sp³-hybridized carbons (Fsp3) is 0.200. The molecule has 0 atom stereocenters. The third-order valence-electron chi connectivity index (χ3n) is 2.85. The van der Waals surface area contributed by atoms with Gasteiger partial charge >= 0.3 is 0 Å². The summed E-state index contributed by atoms with van der Waals surface area (Å²) in [5.74, 6) is -1.45. The van der Waals surface area contributed by atoms with Crippen LogP contribution in [0.2, 0.25) is 0 Å². The molecule has 1 aromatic heterocycles. The van der Waals surface area contributed by atoms with Gasteiger partial charge in [0.05, 0.1) is 18.3 Å². The molecule has 0 aliphatic heterocycles. The minimum Gasteiger partial charge on any atom is -0.397 e. The van der Waals surface area contributed by atoms with Crippen LogP contribution >= 0.6 is 0 Å². The third kappa shape index (κ3) is 4.83. The first-order valence-corrected chi connectivity index (χ1v) is 6.45. The summed E-state index contributed by atoms with van der Waals surface area (Å²) in [4.78, 5) is 15.7. The molecule has 2 aromatic rings. The number of nitrogens with zero attached hydrogens (tertiary/aromatic N) is 1. The highest BCUT2D eigenvalue weighted by atomic mass is 19.1. The van der Waals surface area contributed by atoms with Gasteiger partial charge in [-0.3, -0.25) is 9.78 Å². The molecule has 0 aliphatic rings. The Kier molecular flexibility index (Phi) is 4.81. The summed E-state index contributed by atoms with van der Waals surface area (Å²) < 4.78 is 26.0. The second-order valence-electron chi connectivity index (χ2n) is 4.64. The van der Waals surface area contributed by atoms with E-state index in [0.29, 0.717) is 29.9 Å². The van der Waals surface area contributed by atoms with Crippen LogP contribution in [0.25, 0.3) is 0 Å². The second kappa shape index (κ2) is 6.78. The molecule has 1 amide bonds. The molecule has 21 heavy (non-hydrogen) atoms. The van der Waals surface area contributed by atoms with Gasteiger partial charge in [0, 0.05) is 18.3 Å². The lowest BCUT2D eigenvalue weighted by Crippen LogP contribution is -2.27. The molecule has 0 bridgehead atoms. The van der Waals surface area contributed by atoms with E-state index < -0.39 is 11.6 Å². The SMILES string of the molecule is Nc1ccc(CC(=O)NCCc2cc(F)cc(F)c2)nc1. The van der Waals surface area contributed by atoms with E-state index in [2.05, 4.69) is 10.3 Å². The molecule has 0 unspecified atom stereocenters. The van der Waals surface area contributed by atoms with Crippen LogP contribution < -0.4 is 11.1 Å². The van der Waals surface area contributed by atoms with E-state index in [1.165, 1.54) is 18.3 Å². The average molecular weight is 291 g/mol. The summed E-state index contributed by atoms with van der Waals surface area (Å²) in [6.45, 7) is 0.302. The van der Waals surface area contributed by atoms with Gasteiger partial charge in [0.15, 0.2) is 0 Å². The van der Waals surface area contributed by atoms with Crippen LogP contribution in [0, 0.1) is 11.6 Å². The van der Waals surface area contributed by atoms with E-state index >= 15 is 0 Å². The Hall–Kier alpha value is -2.50. The summed E-state index contributed by atoms with van der Waals surface area (Å²) in [7, 11) is 0. The zero-order valence-electron chi connectivity index (χ0n) is 11.3. The van der Waals surface area contributed by atoms with Gasteiger partial charge in [0.25, 0.3) is 0 Å². The Labute approximate surface area is 121 Å². The van der Waals surface area contributed by atoms with Gasteiger partial charge in [-0.1, -0.05) is 0 Å². The predicted octanol–water partition coefficient (Wildman–Crippen LogP) is 1.84. The van der Waals surface area contributed by atoms with Crippen LogP contribution in [-0.2, 0) is 17.6 Å². The van der Waals surface area contributed by atoms with Crippen molar-refractivity contribution in [2.24, 2.45) is 0 Å². The van der Waals surface area contributed by atoms with E-state index in [0.717, 1.165) is 6.07 Å². The molecule has 3 N–H and O–H groups in total. The van der Waals surface area contributed by atoms with Crippen LogP contribution in [-0.4, -0.2) is 17.4 Å². The van der Waals surface area contributed by atoms with Gasteiger partial charge in [-0.2, -0.15) is 0 Å². The number of amides is 1. The van der Waals surface area contributed by atoms with E-state index in [1.54, 1.807) is 12.1 Å². The summed E-state index contributed by atoms with van der Waals surface area (Å²) >= 11 is 0. The predicted molar refractivity (Wildman–Crippen MR) is 75.4 cm³/mol. The number of halogens is 2. The van der Waals surface area contributed by atoms with Crippen molar-refractivity contribution in [1.29, 1.82) is 0 Å². The molecular formula is C15H15F2N3O. The van der Waals surface area contributed by atoms with Gasteiger partial charge in [-0.05, 0) is 36.2 Å². The Morgan fingerprint density at radius 2 is 1.90 bits per heavy atom. The van der Waals surface area contributed by atoms with Crippen molar-refractivity contribution in [3.05, 3.63) is 59.4 Å². The maximum Gasteiger partial charge on any atom is 0.226 e. The number of carbonyl (C=O) groups excluding carboxylic acids is 1. The number of aromatic nitrogens is 1. The fourth-order valence-corrected chi connectivity index (χ4v) is 1.87. The number of nitrogen functional groups attached to an aromatic ring is 1. The standard InChI is InChI=1S/C15H15F2N3O/c16-11-5-10(6-12(17)7-11)3-4-19-15(21)8-14-2-1-13(18)9-20-14/h1-2,5-7,9H,3-4,8,18H2,(H,19,21). The topological polar surface area (TPSA) is 68.0 Å². The molecule has 1 heterocycles. The minimum atomic E-state index is -0.623. The van der Waals surface area contributed by atoms with Crippen molar-refractivity contribution < 1.29 is 13.6 Å². The summed E-state index contributed by atoms with van der Waals surface area (Å²) in [5.41, 5.74) is 7.14. The molecule has 110 valence electrons. The van der Waals surface area contributed by atoms with Crippen LogP contribution in [0.1, 0.15) is 11.3 Å². The molecule has 0 radical (unpaired) electrons. The van der Waals surface area contributed by atoms with Crippen molar-refractivity contribution in [3.63, 3.8) is 0 Å². The molecule has 6 heteroatoms. The smallest absolute Gasteiger partial charge is 0.226 e. The number of nitrogens with two attached hydrogens (primary N) is 1. The quantitative estimate of drug-likeness (QED) is 0.883. The Bertz CT molecular complexity index is 609. The fourth-order valence-electron chi connectivity index (χ4n) is 1.87. The number of nitrogens with one attached hydrogen (secondary N) is 1. The van der Waals surface area contributed by atoms with Crippen LogP contribution in [0.3, 0.4) is 0 Å². The minimum absolute atomic E-state index is 0.137. The van der Waals surface area contributed by atoms with E-state index in [4.69, 9.17) is 5.73 Å². The highest BCUT2D eigenvalue weighted by molar-refractivity contribution is 5.78.